The monoisotopic (exact) mass is 367 g/mol. The van der Waals surface area contributed by atoms with E-state index in [1.165, 1.54) is 12.1 Å². The second kappa shape index (κ2) is 6.29. The maximum atomic E-state index is 13.1. The maximum absolute atomic E-state index is 13.1. The van der Waals surface area contributed by atoms with Crippen LogP contribution < -0.4 is 10.6 Å². The number of carbonyl (C=O) groups excluding carboxylic acids is 3. The van der Waals surface area contributed by atoms with Crippen LogP contribution >= 0.6 is 11.6 Å². The number of halogens is 2. The second-order valence-corrected chi connectivity index (χ2v) is 7.16. The van der Waals surface area contributed by atoms with Crippen molar-refractivity contribution in [2.24, 2.45) is 5.92 Å². The number of imide groups is 1. The van der Waals surface area contributed by atoms with Crippen LogP contribution in [0, 0.1) is 11.7 Å². The van der Waals surface area contributed by atoms with E-state index in [1.54, 1.807) is 13.8 Å². The Bertz CT molecular complexity index is 753. The molecule has 0 spiro atoms. The number of amides is 4. The molecule has 2 unspecified atom stereocenters. The van der Waals surface area contributed by atoms with Gasteiger partial charge in [0.05, 0.1) is 6.04 Å². The molecule has 2 fully saturated rings. The van der Waals surface area contributed by atoms with Crippen molar-refractivity contribution in [3.05, 3.63) is 34.6 Å². The summed E-state index contributed by atoms with van der Waals surface area (Å²) in [5, 5.41) is 5.57. The molecule has 1 heterocycles. The van der Waals surface area contributed by atoms with E-state index in [4.69, 9.17) is 11.6 Å². The van der Waals surface area contributed by atoms with Gasteiger partial charge in [0.1, 0.15) is 17.9 Å². The molecule has 4 amide bonds. The van der Waals surface area contributed by atoms with Gasteiger partial charge in [0, 0.05) is 5.02 Å². The summed E-state index contributed by atoms with van der Waals surface area (Å²) in [5.41, 5.74) is -0.361. The van der Waals surface area contributed by atoms with E-state index < -0.39 is 29.3 Å². The summed E-state index contributed by atoms with van der Waals surface area (Å²) < 4.78 is 13.1. The minimum atomic E-state index is -0.913. The molecule has 3 rings (SSSR count). The third kappa shape index (κ3) is 3.33. The summed E-state index contributed by atoms with van der Waals surface area (Å²) >= 11 is 5.98. The van der Waals surface area contributed by atoms with Crippen molar-refractivity contribution >= 4 is 29.4 Å². The average Bonchev–Trinajstić information content (AvgIpc) is 3.33. The number of carbonyl (C=O) groups is 3. The molecular weight excluding hydrogens is 349 g/mol. The molecule has 1 aliphatic carbocycles. The fourth-order valence-electron chi connectivity index (χ4n) is 3.16. The fourth-order valence-corrected chi connectivity index (χ4v) is 3.49. The first-order valence-electron chi connectivity index (χ1n) is 8.11. The number of benzene rings is 1. The number of urea groups is 1. The van der Waals surface area contributed by atoms with Gasteiger partial charge in [-0.2, -0.15) is 0 Å². The van der Waals surface area contributed by atoms with E-state index in [2.05, 4.69) is 10.6 Å². The van der Waals surface area contributed by atoms with Crippen LogP contribution in [-0.4, -0.2) is 34.8 Å². The number of nitrogens with zero attached hydrogens (tertiary/aromatic N) is 1. The standard InChI is InChI=1S/C17H19ClFN3O3/c1-9(12-6-5-11(19)7-13(12)18)20-14(23)8-22-15(24)17(2,10-3-4-10)21-16(22)25/h5-7,9-10H,3-4,8H2,1-2H3,(H,20,23)(H,21,25). The van der Waals surface area contributed by atoms with Gasteiger partial charge in [0.15, 0.2) is 0 Å². The van der Waals surface area contributed by atoms with Crippen molar-refractivity contribution in [1.82, 2.24) is 15.5 Å². The van der Waals surface area contributed by atoms with Gasteiger partial charge in [-0.15, -0.1) is 0 Å². The molecule has 0 bridgehead atoms. The van der Waals surface area contributed by atoms with Crippen LogP contribution in [0.4, 0.5) is 9.18 Å². The van der Waals surface area contributed by atoms with Crippen LogP contribution in [0.25, 0.3) is 0 Å². The van der Waals surface area contributed by atoms with Crippen molar-refractivity contribution in [3.8, 4) is 0 Å². The van der Waals surface area contributed by atoms with E-state index in [1.807, 2.05) is 0 Å². The van der Waals surface area contributed by atoms with E-state index in [0.717, 1.165) is 23.8 Å². The zero-order valence-electron chi connectivity index (χ0n) is 13.9. The van der Waals surface area contributed by atoms with Gasteiger partial charge in [-0.1, -0.05) is 17.7 Å². The van der Waals surface area contributed by atoms with Crippen LogP contribution in [0.3, 0.4) is 0 Å². The van der Waals surface area contributed by atoms with Gasteiger partial charge >= 0.3 is 6.03 Å². The summed E-state index contributed by atoms with van der Waals surface area (Å²) in [6.45, 7) is 3.02. The molecule has 25 heavy (non-hydrogen) atoms. The zero-order valence-corrected chi connectivity index (χ0v) is 14.7. The van der Waals surface area contributed by atoms with Gasteiger partial charge < -0.3 is 10.6 Å². The largest absolute Gasteiger partial charge is 0.348 e. The molecule has 1 saturated heterocycles. The molecule has 2 N–H and O–H groups in total. The smallest absolute Gasteiger partial charge is 0.325 e. The van der Waals surface area contributed by atoms with E-state index in [0.29, 0.717) is 5.56 Å². The normalized spacial score (nSPS) is 24.2. The van der Waals surface area contributed by atoms with E-state index in [9.17, 15) is 18.8 Å². The number of hydrogen-bond donors (Lipinski definition) is 2. The maximum Gasteiger partial charge on any atom is 0.325 e. The molecule has 8 heteroatoms. The van der Waals surface area contributed by atoms with Gasteiger partial charge in [-0.3, -0.25) is 14.5 Å². The van der Waals surface area contributed by atoms with Crippen LogP contribution in [0.5, 0.6) is 0 Å². The van der Waals surface area contributed by atoms with Crippen molar-refractivity contribution < 1.29 is 18.8 Å². The summed E-state index contributed by atoms with van der Waals surface area (Å²) in [6.07, 6.45) is 1.78. The van der Waals surface area contributed by atoms with Gasteiger partial charge in [0.25, 0.3) is 5.91 Å². The molecule has 6 nitrogen and oxygen atoms in total. The Morgan fingerprint density at radius 1 is 1.48 bits per heavy atom. The first kappa shape index (κ1) is 17.7. The lowest BCUT2D eigenvalue weighted by Gasteiger charge is -2.21. The highest BCUT2D eigenvalue weighted by Crippen LogP contribution is 2.42. The van der Waals surface area contributed by atoms with Gasteiger partial charge in [-0.05, 0) is 50.3 Å². The van der Waals surface area contributed by atoms with E-state index >= 15 is 0 Å². The van der Waals surface area contributed by atoms with Crippen LogP contribution in [0.2, 0.25) is 5.02 Å². The van der Waals surface area contributed by atoms with Gasteiger partial charge in [-0.25, -0.2) is 9.18 Å². The topological polar surface area (TPSA) is 78.5 Å². The molecule has 2 aliphatic rings. The lowest BCUT2D eigenvalue weighted by atomic mass is 9.96. The van der Waals surface area contributed by atoms with Crippen LogP contribution in [-0.2, 0) is 9.59 Å². The Kier molecular flexibility index (Phi) is 4.45. The minimum absolute atomic E-state index is 0.133. The predicted octanol–water partition coefficient (Wildman–Crippen LogP) is 2.38. The Hall–Kier alpha value is -2.15. The third-order valence-corrected chi connectivity index (χ3v) is 5.13. The molecule has 2 atom stereocenters. The molecule has 0 radical (unpaired) electrons. The fraction of sp³-hybridized carbons (Fsp3) is 0.471. The Morgan fingerprint density at radius 3 is 2.76 bits per heavy atom. The zero-order chi connectivity index (χ0) is 18.4. The number of hydrogen-bond acceptors (Lipinski definition) is 3. The van der Waals surface area contributed by atoms with Crippen molar-refractivity contribution in [1.29, 1.82) is 0 Å². The van der Waals surface area contributed by atoms with Gasteiger partial charge in [0.2, 0.25) is 5.91 Å². The van der Waals surface area contributed by atoms with Crippen LogP contribution in [0.15, 0.2) is 18.2 Å². The first-order chi connectivity index (χ1) is 11.7. The molecule has 0 aromatic heterocycles. The van der Waals surface area contributed by atoms with Crippen molar-refractivity contribution in [2.45, 2.75) is 38.3 Å². The molecule has 1 aromatic rings. The molecular formula is C17H19ClFN3O3. The molecule has 134 valence electrons. The Balaban J connectivity index is 1.64. The number of nitrogens with one attached hydrogen (secondary N) is 2. The third-order valence-electron chi connectivity index (χ3n) is 4.80. The van der Waals surface area contributed by atoms with Crippen molar-refractivity contribution in [3.63, 3.8) is 0 Å². The summed E-state index contributed by atoms with van der Waals surface area (Å²) in [4.78, 5) is 37.8. The molecule has 1 aliphatic heterocycles. The summed E-state index contributed by atoms with van der Waals surface area (Å²) in [7, 11) is 0. The highest BCUT2D eigenvalue weighted by Gasteiger charge is 2.56. The SMILES string of the molecule is CC(NC(=O)CN1C(=O)NC(C)(C2CC2)C1=O)c1ccc(F)cc1Cl. The van der Waals surface area contributed by atoms with Crippen molar-refractivity contribution in [2.75, 3.05) is 6.54 Å². The van der Waals surface area contributed by atoms with Crippen LogP contribution in [0.1, 0.15) is 38.3 Å². The predicted molar refractivity (Wildman–Crippen MR) is 89.3 cm³/mol. The molecule has 1 saturated carbocycles. The van der Waals surface area contributed by atoms with E-state index in [-0.39, 0.29) is 23.4 Å². The highest BCUT2D eigenvalue weighted by atomic mass is 35.5. The summed E-state index contributed by atoms with van der Waals surface area (Å²) in [6, 6.07) is 2.86. The summed E-state index contributed by atoms with van der Waals surface area (Å²) in [5.74, 6) is -1.20. The number of rotatable bonds is 5. The first-order valence-corrected chi connectivity index (χ1v) is 8.48. The second-order valence-electron chi connectivity index (χ2n) is 6.75. The quantitative estimate of drug-likeness (QED) is 0.784. The lowest BCUT2D eigenvalue weighted by molar-refractivity contribution is -0.135. The molecule has 1 aromatic carbocycles. The lowest BCUT2D eigenvalue weighted by Crippen LogP contribution is -2.47. The highest BCUT2D eigenvalue weighted by molar-refractivity contribution is 6.31. The average molecular weight is 368 g/mol. The Morgan fingerprint density at radius 2 is 2.16 bits per heavy atom. The Labute approximate surface area is 149 Å². The minimum Gasteiger partial charge on any atom is -0.348 e.